The van der Waals surface area contributed by atoms with Crippen molar-refractivity contribution >= 4 is 34.8 Å². The number of aromatic nitrogens is 5. The quantitative estimate of drug-likeness (QED) is 0.149. The van der Waals surface area contributed by atoms with Crippen LogP contribution in [-0.4, -0.2) is 83.0 Å². The normalized spacial score (nSPS) is 16.7. The van der Waals surface area contributed by atoms with Gasteiger partial charge in [-0.05, 0) is 41.5 Å². The summed E-state index contributed by atoms with van der Waals surface area (Å²) in [7, 11) is 1.42. The third kappa shape index (κ3) is 10.4. The van der Waals surface area contributed by atoms with Crippen LogP contribution in [0.15, 0.2) is 73.3 Å². The molecule has 0 aliphatic carbocycles. The first-order valence-electron chi connectivity index (χ1n) is 17.2. The van der Waals surface area contributed by atoms with Gasteiger partial charge in [0.1, 0.15) is 17.6 Å². The number of carbonyl (C=O) groups excluding carboxylic acids is 2. The summed E-state index contributed by atoms with van der Waals surface area (Å²) in [4.78, 5) is 35.8. The Bertz CT molecular complexity index is 2270. The van der Waals surface area contributed by atoms with Gasteiger partial charge in [0.25, 0.3) is 11.8 Å². The molecule has 2 atom stereocenters. The van der Waals surface area contributed by atoms with Gasteiger partial charge in [-0.2, -0.15) is 23.5 Å². The Kier molecular flexibility index (Phi) is 13.0. The Hall–Kier alpha value is -6.04. The first kappa shape index (κ1) is 40.6. The molecule has 5 heterocycles. The van der Waals surface area contributed by atoms with Crippen LogP contribution < -0.4 is 26.0 Å². The van der Waals surface area contributed by atoms with Crippen LogP contribution in [0.4, 0.5) is 28.9 Å². The van der Waals surface area contributed by atoms with E-state index in [9.17, 15) is 27.2 Å². The maximum Gasteiger partial charge on any atom is 0.434 e. The number of nitrogens with one attached hydrogen (secondary N) is 4. The molecule has 0 saturated carbocycles. The van der Waals surface area contributed by atoms with Crippen molar-refractivity contribution in [2.24, 2.45) is 0 Å². The van der Waals surface area contributed by atoms with E-state index in [1.165, 1.54) is 37.6 Å². The molecule has 2 aliphatic heterocycles. The van der Waals surface area contributed by atoms with E-state index in [-0.39, 0.29) is 46.4 Å². The highest BCUT2D eigenvalue weighted by atomic mass is 35.5. The number of nitriles is 1. The van der Waals surface area contributed by atoms with Gasteiger partial charge in [-0.1, -0.05) is 23.7 Å². The summed E-state index contributed by atoms with van der Waals surface area (Å²) in [6, 6.07) is 14.5. The predicted octanol–water partition coefficient (Wildman–Crippen LogP) is 5.26. The summed E-state index contributed by atoms with van der Waals surface area (Å²) in [6.45, 7) is 4.00. The van der Waals surface area contributed by atoms with Gasteiger partial charge >= 0.3 is 6.18 Å². The van der Waals surface area contributed by atoms with Crippen LogP contribution >= 0.6 is 11.6 Å². The molecule has 2 saturated heterocycles. The Morgan fingerprint density at radius 1 is 0.912 bits per heavy atom. The number of morpholine rings is 2. The number of pyridine rings is 1. The number of anilines is 2. The average Bonchev–Trinajstić information content (AvgIpc) is 3.74. The molecule has 296 valence electrons. The van der Waals surface area contributed by atoms with Crippen LogP contribution in [0.25, 0.3) is 5.82 Å². The highest BCUT2D eigenvalue weighted by Gasteiger charge is 2.33. The van der Waals surface area contributed by atoms with Crippen molar-refractivity contribution in [3.8, 4) is 17.8 Å². The highest BCUT2D eigenvalue weighted by Crippen LogP contribution is 2.30. The van der Waals surface area contributed by atoms with Gasteiger partial charge in [0.2, 0.25) is 5.88 Å². The van der Waals surface area contributed by atoms with E-state index in [0.717, 1.165) is 42.3 Å². The molecule has 2 fully saturated rings. The van der Waals surface area contributed by atoms with Crippen LogP contribution in [0.3, 0.4) is 0 Å². The molecule has 0 bridgehead atoms. The van der Waals surface area contributed by atoms with Crippen LogP contribution in [0.1, 0.15) is 55.4 Å². The molecule has 0 radical (unpaired) electrons. The Labute approximate surface area is 327 Å². The molecule has 57 heavy (non-hydrogen) atoms. The molecule has 2 aliphatic rings. The van der Waals surface area contributed by atoms with Crippen LogP contribution in [0.5, 0.6) is 5.88 Å². The van der Waals surface area contributed by atoms with Gasteiger partial charge in [-0.15, -0.1) is 0 Å². The number of amides is 2. The molecule has 0 spiro atoms. The SMILES string of the molecule is COc1cc(C(=O)Nc2ccc([C@H]3CNCCO3)cc2Cl)cc(C#N)n1.O=C(Nc1ccc([C@H]2CNCCO2)cc1F)c1cnn(-c2cncc(C(F)(F)F)n2)c1. The zero-order valence-electron chi connectivity index (χ0n) is 29.9. The topological polar surface area (TPSA) is 190 Å². The zero-order valence-corrected chi connectivity index (χ0v) is 30.7. The summed E-state index contributed by atoms with van der Waals surface area (Å²) in [6.07, 6.45) is -1.04. The number of hydrogen-bond acceptors (Lipinski definition) is 12. The van der Waals surface area contributed by atoms with Crippen molar-refractivity contribution in [2.75, 3.05) is 57.1 Å². The monoisotopic (exact) mass is 808 g/mol. The number of ether oxygens (including phenoxy) is 3. The second-order valence-corrected chi connectivity index (χ2v) is 12.8. The Morgan fingerprint density at radius 3 is 2.16 bits per heavy atom. The van der Waals surface area contributed by atoms with Gasteiger partial charge in [0, 0.05) is 44.0 Å². The maximum atomic E-state index is 14.5. The lowest BCUT2D eigenvalue weighted by Crippen LogP contribution is -2.33. The number of benzene rings is 2. The summed E-state index contributed by atoms with van der Waals surface area (Å²) in [5.74, 6) is -1.76. The van der Waals surface area contributed by atoms with E-state index in [1.807, 2.05) is 12.1 Å². The fourth-order valence-electron chi connectivity index (χ4n) is 5.58. The van der Waals surface area contributed by atoms with Crippen molar-refractivity contribution in [3.63, 3.8) is 0 Å². The summed E-state index contributed by atoms with van der Waals surface area (Å²) in [5, 5.41) is 24.8. The number of rotatable bonds is 8. The fraction of sp³-hybridized carbons (Fsp3) is 0.270. The van der Waals surface area contributed by atoms with Crippen molar-refractivity contribution in [1.82, 2.24) is 35.4 Å². The molecular weight excluding hydrogens is 776 g/mol. The predicted molar refractivity (Wildman–Crippen MR) is 197 cm³/mol. The van der Waals surface area contributed by atoms with Crippen LogP contribution in [0.2, 0.25) is 5.02 Å². The minimum Gasteiger partial charge on any atom is -0.481 e. The maximum absolute atomic E-state index is 14.5. The number of methoxy groups -OCH3 is 1. The van der Waals surface area contributed by atoms with Crippen LogP contribution in [0, 0.1) is 17.1 Å². The van der Waals surface area contributed by atoms with E-state index in [4.69, 9.17) is 31.1 Å². The zero-order chi connectivity index (χ0) is 40.5. The first-order chi connectivity index (χ1) is 27.4. The van der Waals surface area contributed by atoms with Gasteiger partial charge in [0.15, 0.2) is 11.5 Å². The number of nitrogens with zero attached hydrogens (tertiary/aromatic N) is 6. The lowest BCUT2D eigenvalue weighted by atomic mass is 10.1. The molecular formula is C37H33ClF4N10O5. The van der Waals surface area contributed by atoms with Crippen molar-refractivity contribution in [2.45, 2.75) is 18.4 Å². The lowest BCUT2D eigenvalue weighted by molar-refractivity contribution is -0.141. The van der Waals surface area contributed by atoms with E-state index in [0.29, 0.717) is 42.2 Å². The van der Waals surface area contributed by atoms with Crippen molar-refractivity contribution in [3.05, 3.63) is 118 Å². The number of alkyl halides is 3. The average molecular weight is 809 g/mol. The van der Waals surface area contributed by atoms with Crippen molar-refractivity contribution in [1.29, 1.82) is 5.26 Å². The summed E-state index contributed by atoms with van der Waals surface area (Å²) >= 11 is 6.32. The van der Waals surface area contributed by atoms with Gasteiger partial charge in [0.05, 0.1) is 73.1 Å². The highest BCUT2D eigenvalue weighted by molar-refractivity contribution is 6.34. The number of carbonyl (C=O) groups is 2. The molecule has 7 rings (SSSR count). The Balaban J connectivity index is 0.000000196. The molecule has 15 nitrogen and oxygen atoms in total. The number of hydrogen-bond donors (Lipinski definition) is 4. The summed E-state index contributed by atoms with van der Waals surface area (Å²) < 4.78 is 70.1. The second-order valence-electron chi connectivity index (χ2n) is 12.3. The smallest absolute Gasteiger partial charge is 0.434 e. The van der Waals surface area contributed by atoms with Gasteiger partial charge in [-0.25, -0.2) is 19.0 Å². The summed E-state index contributed by atoms with van der Waals surface area (Å²) in [5.41, 5.74) is 1.17. The first-order valence-corrected chi connectivity index (χ1v) is 17.6. The minimum absolute atomic E-state index is 0.00232. The largest absolute Gasteiger partial charge is 0.481 e. The molecule has 5 aromatic rings. The molecule has 2 aromatic carbocycles. The lowest BCUT2D eigenvalue weighted by Gasteiger charge is -2.24. The molecule has 2 amide bonds. The van der Waals surface area contributed by atoms with Crippen molar-refractivity contribution < 1.29 is 41.4 Å². The van der Waals surface area contributed by atoms with Gasteiger partial charge in [-0.3, -0.25) is 14.6 Å². The fourth-order valence-corrected chi connectivity index (χ4v) is 5.82. The number of halogens is 5. The van der Waals surface area contributed by atoms with Crippen LogP contribution in [-0.2, 0) is 15.7 Å². The third-order valence-electron chi connectivity index (χ3n) is 8.46. The van der Waals surface area contributed by atoms with E-state index >= 15 is 0 Å². The standard InChI is InChI=1S/C19H16F4N6O2.C18H17ClN4O3/c20-13-5-11(15-7-24-3-4-31-15)1-2-14(13)27-18(30)12-6-26-29(10-12)17-9-25-8-16(28-17)19(21,22)23;1-25-17-8-12(6-13(9-20)22-17)18(24)23-15-3-2-11(7-14(15)19)16-10-21-4-5-26-16/h1-2,5-6,8-10,15,24H,3-4,7H2,(H,27,30);2-3,6-8,16,21H,4-5,10H2,1H3,(H,23,24)/t15-;16-/m11/s1. The molecule has 3 aromatic heterocycles. The second kappa shape index (κ2) is 18.3. The van der Waals surface area contributed by atoms with E-state index < -0.39 is 29.5 Å². The molecule has 4 N–H and O–H groups in total. The van der Waals surface area contributed by atoms with E-state index in [1.54, 1.807) is 18.2 Å². The third-order valence-corrected chi connectivity index (χ3v) is 8.77. The molecule has 20 heteroatoms. The Morgan fingerprint density at radius 2 is 1.56 bits per heavy atom. The molecule has 0 unspecified atom stereocenters. The van der Waals surface area contributed by atoms with Gasteiger partial charge < -0.3 is 35.5 Å². The minimum atomic E-state index is -4.67. The van der Waals surface area contributed by atoms with E-state index in [2.05, 4.69) is 41.3 Å².